The fourth-order valence-electron chi connectivity index (χ4n) is 1.12. The summed E-state index contributed by atoms with van der Waals surface area (Å²) < 4.78 is 38.9. The summed E-state index contributed by atoms with van der Waals surface area (Å²) in [5, 5.41) is 2.57. The molecule has 0 aromatic heterocycles. The van der Waals surface area contributed by atoms with Crippen LogP contribution in [0.25, 0.3) is 0 Å². The summed E-state index contributed by atoms with van der Waals surface area (Å²) in [4.78, 5) is 0. The summed E-state index contributed by atoms with van der Waals surface area (Å²) >= 11 is 0. The van der Waals surface area contributed by atoms with Crippen molar-refractivity contribution in [3.63, 3.8) is 0 Å². The first kappa shape index (κ1) is 17.7. The van der Waals surface area contributed by atoms with Crippen LogP contribution in [0.3, 0.4) is 0 Å². The predicted octanol–water partition coefficient (Wildman–Crippen LogP) is 1.12. The summed E-state index contributed by atoms with van der Waals surface area (Å²) in [5.74, 6) is 0. The van der Waals surface area contributed by atoms with E-state index in [-0.39, 0.29) is 12.7 Å². The average Bonchev–Trinajstić information content (AvgIpc) is 2.33. The molecule has 8 heteroatoms. The van der Waals surface area contributed by atoms with Crippen LogP contribution in [0, 0.1) is 0 Å². The fraction of sp³-hybridized carbons (Fsp3) is 0.800. The monoisotopic (exact) mass is 296 g/mol. The molecule has 6 nitrogen and oxygen atoms in total. The van der Waals surface area contributed by atoms with Crippen molar-refractivity contribution < 1.29 is 13.0 Å². The molecule has 0 rings (SSSR count). The third-order valence-electron chi connectivity index (χ3n) is 2.18. The van der Waals surface area contributed by atoms with Crippen molar-refractivity contribution in [2.24, 2.45) is 0 Å². The summed E-state index contributed by atoms with van der Waals surface area (Å²) in [6, 6.07) is 0. The van der Waals surface area contributed by atoms with Crippen LogP contribution >= 0.6 is 7.95 Å². The average molecular weight is 296 g/mol. The third kappa shape index (κ3) is 9.67. The molecule has 0 radical (unpaired) electrons. The molecule has 0 spiro atoms. The molecule has 0 aliphatic carbocycles. The Labute approximate surface area is 111 Å². The second-order valence-corrected chi connectivity index (χ2v) is 7.12. The molecule has 0 bridgehead atoms. The Morgan fingerprint density at radius 2 is 2.00 bits per heavy atom. The van der Waals surface area contributed by atoms with Gasteiger partial charge in [0.2, 0.25) is 0 Å². The molecular formula is C10H23N3O3PS+. The first-order valence-corrected chi connectivity index (χ1v) is 8.86. The molecular weight excluding hydrogens is 273 g/mol. The molecule has 106 valence electrons. The van der Waals surface area contributed by atoms with Gasteiger partial charge in [0.15, 0.2) is 6.16 Å². The van der Waals surface area contributed by atoms with E-state index in [0.717, 1.165) is 18.4 Å². The minimum absolute atomic E-state index is 0.156. The minimum Gasteiger partial charge on any atom is -0.198 e. The molecule has 1 atom stereocenters. The van der Waals surface area contributed by atoms with Crippen LogP contribution in [0.2, 0.25) is 0 Å². The summed E-state index contributed by atoms with van der Waals surface area (Å²) in [5.41, 5.74) is 0.989. The molecule has 0 saturated carbocycles. The molecule has 0 aliphatic heterocycles. The number of allylic oxidation sites excluding steroid dienone is 1. The molecule has 1 unspecified atom stereocenters. The zero-order valence-corrected chi connectivity index (χ0v) is 12.9. The van der Waals surface area contributed by atoms with E-state index in [0.29, 0.717) is 6.54 Å². The molecule has 0 heterocycles. The molecule has 0 aliphatic rings. The summed E-state index contributed by atoms with van der Waals surface area (Å²) in [6.45, 7) is 4.41. The van der Waals surface area contributed by atoms with Gasteiger partial charge in [0.25, 0.3) is 10.2 Å². The normalized spacial score (nSPS) is 13.7. The van der Waals surface area contributed by atoms with Crippen molar-refractivity contribution in [1.82, 2.24) is 14.5 Å². The first-order chi connectivity index (χ1) is 8.41. The topological polar surface area (TPSA) is 87.3 Å². The van der Waals surface area contributed by atoms with Crippen molar-refractivity contribution in [3.8, 4) is 0 Å². The second-order valence-electron chi connectivity index (χ2n) is 3.88. The standard InChI is InChI=1S/C10H23N3O3PS/c1-4-5-6-10(2)9-13-18(15,16)12-7-8-17(14)11-3/h6,12-13H,4-5,7-9H2,1-3H3,(H,11,14)/q+1/b10-6+. The van der Waals surface area contributed by atoms with Crippen LogP contribution in [0.4, 0.5) is 0 Å². The number of hydrogen-bond acceptors (Lipinski definition) is 3. The number of hydrogen-bond donors (Lipinski definition) is 3. The van der Waals surface area contributed by atoms with E-state index in [9.17, 15) is 13.0 Å². The predicted molar refractivity (Wildman–Crippen MR) is 75.1 cm³/mol. The van der Waals surface area contributed by atoms with E-state index in [1.54, 1.807) is 7.05 Å². The van der Waals surface area contributed by atoms with E-state index in [1.807, 2.05) is 13.0 Å². The van der Waals surface area contributed by atoms with Gasteiger partial charge in [-0.05, 0) is 13.3 Å². The third-order valence-corrected chi connectivity index (χ3v) is 4.42. The van der Waals surface area contributed by atoms with Crippen molar-refractivity contribution in [1.29, 1.82) is 0 Å². The highest BCUT2D eigenvalue weighted by atomic mass is 32.2. The zero-order chi connectivity index (χ0) is 14.0. The molecule has 18 heavy (non-hydrogen) atoms. The smallest absolute Gasteiger partial charge is 0.198 e. The SMILES string of the molecule is CCC/C=C(\C)CNS(=O)(=O)NCC[P+](=O)NC. The van der Waals surface area contributed by atoms with Gasteiger partial charge in [-0.3, -0.25) is 0 Å². The van der Waals surface area contributed by atoms with Gasteiger partial charge in [-0.25, -0.2) is 0 Å². The van der Waals surface area contributed by atoms with E-state index in [4.69, 9.17) is 0 Å². The fourth-order valence-corrected chi connectivity index (χ4v) is 2.70. The lowest BCUT2D eigenvalue weighted by molar-refractivity contribution is 0.569. The second kappa shape index (κ2) is 9.58. The first-order valence-electron chi connectivity index (χ1n) is 5.93. The van der Waals surface area contributed by atoms with Crippen molar-refractivity contribution >= 4 is 18.2 Å². The summed E-state index contributed by atoms with van der Waals surface area (Å²) in [6.07, 6.45) is 4.28. The van der Waals surface area contributed by atoms with E-state index < -0.39 is 18.2 Å². The highest BCUT2D eigenvalue weighted by molar-refractivity contribution is 7.87. The van der Waals surface area contributed by atoms with Gasteiger partial charge < -0.3 is 0 Å². The van der Waals surface area contributed by atoms with Crippen molar-refractivity contribution in [2.75, 3.05) is 26.3 Å². The Bertz CT molecular complexity index is 382. The van der Waals surface area contributed by atoms with Gasteiger partial charge in [0.1, 0.15) is 0 Å². The number of nitrogens with one attached hydrogen (secondary N) is 3. The molecule has 0 amide bonds. The Kier molecular flexibility index (Phi) is 9.40. The van der Waals surface area contributed by atoms with E-state index in [2.05, 4.69) is 21.5 Å². The van der Waals surface area contributed by atoms with Crippen LogP contribution in [-0.2, 0) is 14.8 Å². The Morgan fingerprint density at radius 1 is 1.33 bits per heavy atom. The summed E-state index contributed by atoms with van der Waals surface area (Å²) in [7, 11) is -3.45. The lowest BCUT2D eigenvalue weighted by Crippen LogP contribution is -2.38. The lowest BCUT2D eigenvalue weighted by Gasteiger charge is -2.06. The molecule has 0 fully saturated rings. The van der Waals surface area contributed by atoms with Gasteiger partial charge in [-0.1, -0.05) is 29.6 Å². The van der Waals surface area contributed by atoms with Gasteiger partial charge in [-0.2, -0.15) is 17.9 Å². The largest absolute Gasteiger partial charge is 0.433 e. The Balaban J connectivity index is 3.97. The van der Waals surface area contributed by atoms with Crippen LogP contribution in [0.1, 0.15) is 26.7 Å². The maximum Gasteiger partial charge on any atom is 0.433 e. The maximum absolute atomic E-state index is 11.5. The lowest BCUT2D eigenvalue weighted by atomic mass is 10.2. The van der Waals surface area contributed by atoms with E-state index >= 15 is 0 Å². The van der Waals surface area contributed by atoms with Gasteiger partial charge in [-0.15, -0.1) is 5.09 Å². The Morgan fingerprint density at radius 3 is 2.56 bits per heavy atom. The highest BCUT2D eigenvalue weighted by Crippen LogP contribution is 2.09. The molecule has 3 N–H and O–H groups in total. The van der Waals surface area contributed by atoms with Crippen molar-refractivity contribution in [2.45, 2.75) is 26.7 Å². The highest BCUT2D eigenvalue weighted by Gasteiger charge is 2.14. The van der Waals surface area contributed by atoms with Crippen LogP contribution in [0.5, 0.6) is 0 Å². The number of unbranched alkanes of at least 4 members (excludes halogenated alkanes) is 1. The zero-order valence-electron chi connectivity index (χ0n) is 11.2. The molecule has 0 aromatic carbocycles. The van der Waals surface area contributed by atoms with Gasteiger partial charge >= 0.3 is 7.95 Å². The quantitative estimate of drug-likeness (QED) is 0.416. The minimum atomic E-state index is -3.50. The van der Waals surface area contributed by atoms with Crippen molar-refractivity contribution in [3.05, 3.63) is 11.6 Å². The van der Waals surface area contributed by atoms with Crippen LogP contribution in [-0.4, -0.2) is 34.7 Å². The maximum atomic E-state index is 11.5. The molecule has 0 aromatic rings. The van der Waals surface area contributed by atoms with Crippen LogP contribution < -0.4 is 14.5 Å². The Hall–Kier alpha value is -0.330. The van der Waals surface area contributed by atoms with E-state index in [1.165, 1.54) is 0 Å². The van der Waals surface area contributed by atoms with Gasteiger partial charge in [0.05, 0.1) is 6.54 Å². The molecule has 0 saturated heterocycles. The number of rotatable bonds is 10. The van der Waals surface area contributed by atoms with Gasteiger partial charge in [0, 0.05) is 13.6 Å². The van der Waals surface area contributed by atoms with Crippen LogP contribution in [0.15, 0.2) is 11.6 Å².